The molecule has 0 amide bonds. The molecule has 1 aliphatic rings. The van der Waals surface area contributed by atoms with E-state index in [4.69, 9.17) is 0 Å². The number of nitrogens with zero attached hydrogens (tertiary/aromatic N) is 2. The van der Waals surface area contributed by atoms with E-state index in [0.717, 1.165) is 26.1 Å². The van der Waals surface area contributed by atoms with Gasteiger partial charge in [0.25, 0.3) is 0 Å². The first-order valence-electron chi connectivity index (χ1n) is 7.05. The molecule has 0 spiro atoms. The van der Waals surface area contributed by atoms with Crippen LogP contribution in [0.15, 0.2) is 24.3 Å². The van der Waals surface area contributed by atoms with Crippen molar-refractivity contribution in [1.29, 1.82) is 0 Å². The molecular formula is C16H26N2O. The van der Waals surface area contributed by atoms with Crippen LogP contribution in [0.4, 0.5) is 5.69 Å². The molecule has 1 aliphatic heterocycles. The summed E-state index contributed by atoms with van der Waals surface area (Å²) < 4.78 is 0. The van der Waals surface area contributed by atoms with Gasteiger partial charge in [0, 0.05) is 32.9 Å². The number of hydrogen-bond acceptors (Lipinski definition) is 3. The summed E-state index contributed by atoms with van der Waals surface area (Å²) >= 11 is 0. The molecule has 1 fully saturated rings. The Bertz CT molecular complexity index is 411. The molecule has 3 heteroatoms. The molecule has 0 saturated carbocycles. The standard InChI is InChI=1S/C16H26N2O/c1-16(2)9-10-18(12-15(16)19)11-13-5-7-14(8-6-13)17(3)4/h5-8,15,19H,9-12H2,1-4H3. The zero-order chi connectivity index (χ0) is 14.0. The first-order valence-corrected chi connectivity index (χ1v) is 7.05. The average molecular weight is 262 g/mol. The van der Waals surface area contributed by atoms with Crippen LogP contribution in [0, 0.1) is 5.41 Å². The van der Waals surface area contributed by atoms with Gasteiger partial charge >= 0.3 is 0 Å². The summed E-state index contributed by atoms with van der Waals surface area (Å²) in [6.07, 6.45) is 0.839. The molecule has 2 rings (SSSR count). The molecule has 1 aromatic carbocycles. The van der Waals surface area contributed by atoms with Crippen molar-refractivity contribution in [2.24, 2.45) is 5.41 Å². The maximum Gasteiger partial charge on any atom is 0.0718 e. The normalized spacial score (nSPS) is 23.3. The van der Waals surface area contributed by atoms with Crippen LogP contribution in [-0.2, 0) is 6.54 Å². The Balaban J connectivity index is 1.95. The Morgan fingerprint density at radius 3 is 2.42 bits per heavy atom. The molecule has 3 nitrogen and oxygen atoms in total. The summed E-state index contributed by atoms with van der Waals surface area (Å²) in [7, 11) is 4.11. The topological polar surface area (TPSA) is 26.7 Å². The molecule has 1 N–H and O–H groups in total. The highest BCUT2D eigenvalue weighted by Crippen LogP contribution is 2.30. The Morgan fingerprint density at radius 2 is 1.89 bits per heavy atom. The van der Waals surface area contributed by atoms with E-state index >= 15 is 0 Å². The van der Waals surface area contributed by atoms with E-state index < -0.39 is 0 Å². The zero-order valence-corrected chi connectivity index (χ0v) is 12.6. The highest BCUT2D eigenvalue weighted by molar-refractivity contribution is 5.45. The molecule has 19 heavy (non-hydrogen) atoms. The Hall–Kier alpha value is -1.06. The van der Waals surface area contributed by atoms with Crippen molar-refractivity contribution in [2.75, 3.05) is 32.1 Å². The number of piperidine rings is 1. The van der Waals surface area contributed by atoms with Gasteiger partial charge in [-0.3, -0.25) is 4.90 Å². The number of aliphatic hydroxyl groups is 1. The van der Waals surface area contributed by atoms with Gasteiger partial charge in [-0.15, -0.1) is 0 Å². The van der Waals surface area contributed by atoms with Gasteiger partial charge in [0.15, 0.2) is 0 Å². The molecule has 1 atom stereocenters. The fourth-order valence-electron chi connectivity index (χ4n) is 2.50. The lowest BCUT2D eigenvalue weighted by Crippen LogP contribution is -2.47. The second-order valence-electron chi connectivity index (χ2n) is 6.55. The number of anilines is 1. The molecule has 1 heterocycles. The summed E-state index contributed by atoms with van der Waals surface area (Å²) in [5, 5.41) is 10.2. The third-order valence-corrected chi connectivity index (χ3v) is 4.26. The monoisotopic (exact) mass is 262 g/mol. The number of hydrogen-bond donors (Lipinski definition) is 1. The fraction of sp³-hybridized carbons (Fsp3) is 0.625. The summed E-state index contributed by atoms with van der Waals surface area (Å²) in [6, 6.07) is 8.67. The zero-order valence-electron chi connectivity index (χ0n) is 12.6. The lowest BCUT2D eigenvalue weighted by atomic mass is 9.80. The first kappa shape index (κ1) is 14.4. The molecule has 1 saturated heterocycles. The van der Waals surface area contributed by atoms with Crippen molar-refractivity contribution in [3.05, 3.63) is 29.8 Å². The molecule has 0 aromatic heterocycles. The molecule has 1 unspecified atom stereocenters. The van der Waals surface area contributed by atoms with E-state index in [1.807, 2.05) is 0 Å². The van der Waals surface area contributed by atoms with Crippen LogP contribution in [0.2, 0.25) is 0 Å². The molecule has 1 aromatic rings. The number of rotatable bonds is 3. The van der Waals surface area contributed by atoms with Crippen LogP contribution in [0.5, 0.6) is 0 Å². The first-order chi connectivity index (χ1) is 8.88. The van der Waals surface area contributed by atoms with Crippen LogP contribution >= 0.6 is 0 Å². The quantitative estimate of drug-likeness (QED) is 0.906. The SMILES string of the molecule is CN(C)c1ccc(CN2CCC(C)(C)C(O)C2)cc1. The lowest BCUT2D eigenvalue weighted by molar-refractivity contribution is -0.0278. The highest BCUT2D eigenvalue weighted by Gasteiger charge is 2.33. The number of benzene rings is 1. The van der Waals surface area contributed by atoms with Crippen LogP contribution in [0.25, 0.3) is 0 Å². The van der Waals surface area contributed by atoms with E-state index in [1.54, 1.807) is 0 Å². The maximum atomic E-state index is 10.2. The fourth-order valence-corrected chi connectivity index (χ4v) is 2.50. The summed E-state index contributed by atoms with van der Waals surface area (Å²) in [4.78, 5) is 4.46. The lowest BCUT2D eigenvalue weighted by Gasteiger charge is -2.41. The molecular weight excluding hydrogens is 236 g/mol. The van der Waals surface area contributed by atoms with Gasteiger partial charge in [0.1, 0.15) is 0 Å². The predicted octanol–water partition coefficient (Wildman–Crippen LogP) is 2.35. The third-order valence-electron chi connectivity index (χ3n) is 4.26. The minimum atomic E-state index is -0.220. The number of aliphatic hydroxyl groups excluding tert-OH is 1. The van der Waals surface area contributed by atoms with Crippen LogP contribution in [0.3, 0.4) is 0 Å². The van der Waals surface area contributed by atoms with Crippen molar-refractivity contribution in [3.8, 4) is 0 Å². The molecule has 0 radical (unpaired) electrons. The molecule has 0 bridgehead atoms. The summed E-state index contributed by atoms with van der Waals surface area (Å²) in [5.41, 5.74) is 2.60. The van der Waals surface area contributed by atoms with Gasteiger partial charge in [-0.05, 0) is 36.1 Å². The van der Waals surface area contributed by atoms with Crippen molar-refractivity contribution in [1.82, 2.24) is 4.90 Å². The molecule has 0 aliphatic carbocycles. The van der Waals surface area contributed by atoms with Crippen molar-refractivity contribution in [2.45, 2.75) is 32.9 Å². The maximum absolute atomic E-state index is 10.2. The minimum absolute atomic E-state index is 0.0608. The highest BCUT2D eigenvalue weighted by atomic mass is 16.3. The van der Waals surface area contributed by atoms with Gasteiger partial charge < -0.3 is 10.0 Å². The third kappa shape index (κ3) is 3.48. The van der Waals surface area contributed by atoms with Crippen LogP contribution in [0.1, 0.15) is 25.8 Å². The average Bonchev–Trinajstić information content (AvgIpc) is 2.35. The smallest absolute Gasteiger partial charge is 0.0718 e. The number of likely N-dealkylation sites (tertiary alicyclic amines) is 1. The largest absolute Gasteiger partial charge is 0.391 e. The van der Waals surface area contributed by atoms with Gasteiger partial charge in [-0.25, -0.2) is 0 Å². The number of β-amino-alcohol motifs (C(OH)–C–C–N with tert-alkyl or cyclic N) is 1. The minimum Gasteiger partial charge on any atom is -0.391 e. The van der Waals surface area contributed by atoms with E-state index in [0.29, 0.717) is 0 Å². The summed E-state index contributed by atoms with van der Waals surface area (Å²) in [6.45, 7) is 7.09. The van der Waals surface area contributed by atoms with Gasteiger partial charge in [0.2, 0.25) is 0 Å². The van der Waals surface area contributed by atoms with Gasteiger partial charge in [-0.1, -0.05) is 26.0 Å². The van der Waals surface area contributed by atoms with Crippen molar-refractivity contribution < 1.29 is 5.11 Å². The van der Waals surface area contributed by atoms with Crippen molar-refractivity contribution in [3.63, 3.8) is 0 Å². The van der Waals surface area contributed by atoms with Crippen molar-refractivity contribution >= 4 is 5.69 Å². The van der Waals surface area contributed by atoms with E-state index in [1.165, 1.54) is 11.3 Å². The predicted molar refractivity (Wildman–Crippen MR) is 80.5 cm³/mol. The van der Waals surface area contributed by atoms with E-state index in [-0.39, 0.29) is 11.5 Å². The second-order valence-corrected chi connectivity index (χ2v) is 6.55. The van der Waals surface area contributed by atoms with Crippen LogP contribution in [-0.4, -0.2) is 43.3 Å². The Morgan fingerprint density at radius 1 is 1.26 bits per heavy atom. The van der Waals surface area contributed by atoms with Gasteiger partial charge in [0.05, 0.1) is 6.10 Å². The van der Waals surface area contributed by atoms with E-state index in [2.05, 4.69) is 62.0 Å². The van der Waals surface area contributed by atoms with E-state index in [9.17, 15) is 5.11 Å². The van der Waals surface area contributed by atoms with Gasteiger partial charge in [-0.2, -0.15) is 0 Å². The second kappa shape index (κ2) is 5.51. The summed E-state index contributed by atoms with van der Waals surface area (Å²) in [5.74, 6) is 0. The molecule has 106 valence electrons. The Kier molecular flexibility index (Phi) is 4.16. The Labute approximate surface area is 116 Å². The van der Waals surface area contributed by atoms with Crippen LogP contribution < -0.4 is 4.90 Å².